The van der Waals surface area contributed by atoms with Crippen molar-refractivity contribution >= 4 is 16.7 Å². The van der Waals surface area contributed by atoms with E-state index in [1.165, 1.54) is 27.5 Å². The van der Waals surface area contributed by atoms with Gasteiger partial charge in [0.15, 0.2) is 0 Å². The van der Waals surface area contributed by atoms with Gasteiger partial charge in [-0.2, -0.15) is 0 Å². The Morgan fingerprint density at radius 1 is 1.00 bits per heavy atom. The molecule has 0 amide bonds. The minimum atomic E-state index is -0.0481. The summed E-state index contributed by atoms with van der Waals surface area (Å²) in [6, 6.07) is 23.6. The molecule has 0 N–H and O–H groups in total. The zero-order valence-electron chi connectivity index (χ0n) is 14.4. The Labute approximate surface area is 148 Å². The molecular formula is C23H22O2. The van der Waals surface area contributed by atoms with Crippen LogP contribution in [-0.2, 0) is 16.0 Å². The molecule has 0 radical (unpaired) electrons. The number of rotatable bonds is 5. The van der Waals surface area contributed by atoms with Gasteiger partial charge in [0.25, 0.3) is 0 Å². The molecule has 0 aromatic heterocycles. The molecule has 126 valence electrons. The van der Waals surface area contributed by atoms with E-state index in [1.807, 2.05) is 6.92 Å². The summed E-state index contributed by atoms with van der Waals surface area (Å²) < 4.78 is 5.18. The van der Waals surface area contributed by atoms with Gasteiger partial charge < -0.3 is 4.74 Å². The summed E-state index contributed by atoms with van der Waals surface area (Å²) in [5.74, 6) is 0.307. The van der Waals surface area contributed by atoms with Crippen molar-refractivity contribution in [2.75, 3.05) is 6.61 Å². The summed E-state index contributed by atoms with van der Waals surface area (Å²) in [5.41, 5.74) is 3.92. The van der Waals surface area contributed by atoms with E-state index in [9.17, 15) is 4.79 Å². The third-order valence-electron chi connectivity index (χ3n) is 5.04. The van der Waals surface area contributed by atoms with Crippen LogP contribution in [0.5, 0.6) is 0 Å². The van der Waals surface area contributed by atoms with Crippen molar-refractivity contribution in [1.29, 1.82) is 0 Å². The first-order valence-electron chi connectivity index (χ1n) is 8.98. The topological polar surface area (TPSA) is 26.3 Å². The van der Waals surface area contributed by atoms with E-state index in [2.05, 4.69) is 66.7 Å². The predicted octanol–water partition coefficient (Wildman–Crippen LogP) is 5.10. The molecule has 1 aliphatic rings. The van der Waals surface area contributed by atoms with Gasteiger partial charge in [-0.3, -0.25) is 4.79 Å². The number of benzene rings is 3. The number of hydrogen-bond donors (Lipinski definition) is 0. The maximum Gasteiger partial charge on any atom is 0.309 e. The zero-order chi connectivity index (χ0) is 17.2. The lowest BCUT2D eigenvalue weighted by molar-refractivity contribution is -0.144. The molecule has 2 unspecified atom stereocenters. The molecule has 1 fully saturated rings. The van der Waals surface area contributed by atoms with Crippen molar-refractivity contribution in [1.82, 2.24) is 0 Å². The van der Waals surface area contributed by atoms with Gasteiger partial charge in [0, 0.05) is 0 Å². The fourth-order valence-electron chi connectivity index (χ4n) is 3.67. The van der Waals surface area contributed by atoms with Gasteiger partial charge in [-0.25, -0.2) is 0 Å². The fraction of sp³-hybridized carbons (Fsp3) is 0.261. The highest BCUT2D eigenvalue weighted by atomic mass is 16.5. The van der Waals surface area contributed by atoms with Crippen molar-refractivity contribution in [3.8, 4) is 0 Å². The maximum atomic E-state index is 12.0. The molecule has 1 aliphatic carbocycles. The van der Waals surface area contributed by atoms with Crippen LogP contribution in [0.1, 0.15) is 36.0 Å². The second kappa shape index (κ2) is 6.72. The average molecular weight is 330 g/mol. The van der Waals surface area contributed by atoms with Crippen LogP contribution < -0.4 is 0 Å². The van der Waals surface area contributed by atoms with Crippen molar-refractivity contribution in [2.45, 2.75) is 25.7 Å². The molecule has 3 aromatic rings. The van der Waals surface area contributed by atoms with Crippen LogP contribution in [0.2, 0.25) is 0 Å². The Balaban J connectivity index is 1.58. The lowest BCUT2D eigenvalue weighted by Gasteiger charge is -2.10. The second-order valence-electron chi connectivity index (χ2n) is 6.76. The van der Waals surface area contributed by atoms with Crippen LogP contribution >= 0.6 is 0 Å². The fourth-order valence-corrected chi connectivity index (χ4v) is 3.67. The molecule has 1 saturated carbocycles. The van der Waals surface area contributed by atoms with Crippen LogP contribution in [0.4, 0.5) is 0 Å². The Kier molecular flexibility index (Phi) is 4.27. The largest absolute Gasteiger partial charge is 0.466 e. The van der Waals surface area contributed by atoms with Crippen LogP contribution in [0.25, 0.3) is 10.8 Å². The first-order valence-corrected chi connectivity index (χ1v) is 8.98. The van der Waals surface area contributed by atoms with E-state index in [0.717, 1.165) is 12.8 Å². The molecule has 0 heterocycles. The van der Waals surface area contributed by atoms with E-state index < -0.39 is 0 Å². The molecule has 2 heteroatoms. The van der Waals surface area contributed by atoms with Gasteiger partial charge in [-0.15, -0.1) is 0 Å². The molecule has 4 rings (SSSR count). The Morgan fingerprint density at radius 3 is 2.60 bits per heavy atom. The highest BCUT2D eigenvalue weighted by molar-refractivity contribution is 5.83. The minimum Gasteiger partial charge on any atom is -0.466 e. The number of ether oxygens (including phenoxy) is 1. The van der Waals surface area contributed by atoms with Crippen LogP contribution in [0.3, 0.4) is 0 Å². The summed E-state index contributed by atoms with van der Waals surface area (Å²) >= 11 is 0. The third kappa shape index (κ3) is 3.30. The summed E-state index contributed by atoms with van der Waals surface area (Å²) in [5, 5.41) is 2.54. The molecule has 3 aromatic carbocycles. The van der Waals surface area contributed by atoms with E-state index in [0.29, 0.717) is 12.5 Å². The smallest absolute Gasteiger partial charge is 0.309 e. The molecule has 2 nitrogen and oxygen atoms in total. The number of carbonyl (C=O) groups is 1. The number of esters is 1. The quantitative estimate of drug-likeness (QED) is 0.609. The maximum absolute atomic E-state index is 12.0. The summed E-state index contributed by atoms with van der Waals surface area (Å²) in [4.78, 5) is 12.0. The summed E-state index contributed by atoms with van der Waals surface area (Å²) in [6.07, 6.45) is 1.81. The lowest BCUT2D eigenvalue weighted by Crippen LogP contribution is -2.07. The molecule has 2 atom stereocenters. The zero-order valence-corrected chi connectivity index (χ0v) is 14.4. The van der Waals surface area contributed by atoms with Crippen molar-refractivity contribution in [3.63, 3.8) is 0 Å². The van der Waals surface area contributed by atoms with E-state index in [4.69, 9.17) is 4.74 Å². The van der Waals surface area contributed by atoms with E-state index >= 15 is 0 Å². The van der Waals surface area contributed by atoms with Gasteiger partial charge in [-0.05, 0) is 53.1 Å². The first kappa shape index (κ1) is 15.9. The van der Waals surface area contributed by atoms with Crippen LogP contribution in [0.15, 0.2) is 66.7 Å². The molecule has 0 spiro atoms. The molecule has 0 saturated heterocycles. The monoisotopic (exact) mass is 330 g/mol. The van der Waals surface area contributed by atoms with E-state index in [-0.39, 0.29) is 11.9 Å². The van der Waals surface area contributed by atoms with Crippen molar-refractivity contribution < 1.29 is 9.53 Å². The van der Waals surface area contributed by atoms with E-state index in [1.54, 1.807) is 0 Å². The van der Waals surface area contributed by atoms with Crippen molar-refractivity contribution in [3.05, 3.63) is 83.4 Å². The molecule has 0 aliphatic heterocycles. The van der Waals surface area contributed by atoms with Gasteiger partial charge in [0.2, 0.25) is 0 Å². The average Bonchev–Trinajstić information content (AvgIpc) is 3.43. The highest BCUT2D eigenvalue weighted by Gasteiger charge is 2.45. The third-order valence-corrected chi connectivity index (χ3v) is 5.04. The predicted molar refractivity (Wildman–Crippen MR) is 101 cm³/mol. The standard InChI is InChI=1S/C23H22O2/c1-2-25-23(24)22-15-21(22)20-10-6-5-9-19(20)14-16-11-12-17-7-3-4-8-18(17)13-16/h3-13,21-22H,2,14-15H2,1H3. The normalized spacial score (nSPS) is 18.9. The molecule has 0 bridgehead atoms. The number of fused-ring (bicyclic) bond motifs is 1. The lowest BCUT2D eigenvalue weighted by atomic mass is 9.95. The van der Waals surface area contributed by atoms with Gasteiger partial charge in [0.1, 0.15) is 0 Å². The van der Waals surface area contributed by atoms with Gasteiger partial charge in [-0.1, -0.05) is 66.7 Å². The highest BCUT2D eigenvalue weighted by Crippen LogP contribution is 2.49. The number of carbonyl (C=O) groups excluding carboxylic acids is 1. The molecular weight excluding hydrogens is 308 g/mol. The Bertz CT molecular complexity index is 913. The summed E-state index contributed by atoms with van der Waals surface area (Å²) in [6.45, 7) is 2.32. The van der Waals surface area contributed by atoms with Crippen LogP contribution in [-0.4, -0.2) is 12.6 Å². The Morgan fingerprint density at radius 2 is 1.76 bits per heavy atom. The first-order chi connectivity index (χ1) is 12.3. The number of hydrogen-bond acceptors (Lipinski definition) is 2. The van der Waals surface area contributed by atoms with Crippen molar-refractivity contribution in [2.24, 2.45) is 5.92 Å². The minimum absolute atomic E-state index is 0.0395. The summed E-state index contributed by atoms with van der Waals surface area (Å²) in [7, 11) is 0. The Hall–Kier alpha value is -2.61. The SMILES string of the molecule is CCOC(=O)C1CC1c1ccccc1Cc1ccc2ccccc2c1. The van der Waals surface area contributed by atoms with Gasteiger partial charge in [0.05, 0.1) is 12.5 Å². The second-order valence-corrected chi connectivity index (χ2v) is 6.76. The van der Waals surface area contributed by atoms with Crippen LogP contribution in [0, 0.1) is 5.92 Å². The molecule has 25 heavy (non-hydrogen) atoms. The van der Waals surface area contributed by atoms with Gasteiger partial charge >= 0.3 is 5.97 Å².